The summed E-state index contributed by atoms with van der Waals surface area (Å²) in [7, 11) is 0. The van der Waals surface area contributed by atoms with E-state index in [1.54, 1.807) is 13.1 Å². The number of para-hydroxylation sites is 1. The minimum atomic E-state index is 0.179. The highest BCUT2D eigenvalue weighted by Gasteiger charge is 2.08. The number of aromatic amines is 1. The topological polar surface area (TPSA) is 139 Å². The van der Waals surface area contributed by atoms with Crippen LogP contribution in [0.1, 0.15) is 19.8 Å². The summed E-state index contributed by atoms with van der Waals surface area (Å²) in [5, 5.41) is 17.7. The Morgan fingerprint density at radius 2 is 1.58 bits per heavy atom. The molecule has 11 heteroatoms. The van der Waals surface area contributed by atoms with Crippen molar-refractivity contribution >= 4 is 45.9 Å². The maximum absolute atomic E-state index is 10.9. The molecule has 0 amide bonds. The van der Waals surface area contributed by atoms with Crippen molar-refractivity contribution in [3.8, 4) is 0 Å². The summed E-state index contributed by atoms with van der Waals surface area (Å²) in [6.07, 6.45) is 3.06. The molecule has 0 atom stereocenters. The second-order valence-corrected chi connectivity index (χ2v) is 8.05. The van der Waals surface area contributed by atoms with Gasteiger partial charge in [0.05, 0.1) is 31.5 Å². The SMILES string of the molecule is CC(=O)CCCOCCOCCNc1nc(Nc2ccccc2)nc(Nc2ccc3cn[nH]c3c2)n1. The fraction of sp³-hybridized carbons (Fsp3) is 0.320. The van der Waals surface area contributed by atoms with Crippen molar-refractivity contribution in [1.29, 1.82) is 0 Å². The van der Waals surface area contributed by atoms with Gasteiger partial charge in [-0.2, -0.15) is 20.1 Å². The minimum Gasteiger partial charge on any atom is -0.379 e. The molecule has 36 heavy (non-hydrogen) atoms. The third kappa shape index (κ3) is 8.00. The van der Waals surface area contributed by atoms with E-state index in [9.17, 15) is 4.79 Å². The van der Waals surface area contributed by atoms with E-state index in [0.717, 1.165) is 28.7 Å². The molecule has 0 aliphatic rings. The van der Waals surface area contributed by atoms with Crippen molar-refractivity contribution in [1.82, 2.24) is 25.1 Å². The number of anilines is 5. The number of hydrogen-bond acceptors (Lipinski definition) is 10. The van der Waals surface area contributed by atoms with Gasteiger partial charge in [0.15, 0.2) is 0 Å². The summed E-state index contributed by atoms with van der Waals surface area (Å²) in [5.41, 5.74) is 2.60. The molecule has 4 aromatic rings. The maximum atomic E-state index is 10.9. The first-order chi connectivity index (χ1) is 17.7. The fourth-order valence-electron chi connectivity index (χ4n) is 3.34. The predicted octanol–water partition coefficient (Wildman–Crippen LogP) is 4.05. The van der Waals surface area contributed by atoms with E-state index < -0.39 is 0 Å². The Balaban J connectivity index is 1.32. The summed E-state index contributed by atoms with van der Waals surface area (Å²) in [6, 6.07) is 15.5. The van der Waals surface area contributed by atoms with E-state index >= 15 is 0 Å². The number of ketones is 1. The predicted molar refractivity (Wildman–Crippen MR) is 139 cm³/mol. The summed E-state index contributed by atoms with van der Waals surface area (Å²) in [6.45, 7) is 4.09. The second-order valence-electron chi connectivity index (χ2n) is 8.05. The van der Waals surface area contributed by atoms with Gasteiger partial charge in [-0.1, -0.05) is 18.2 Å². The molecule has 2 aromatic heterocycles. The highest BCUT2D eigenvalue weighted by molar-refractivity contribution is 5.82. The van der Waals surface area contributed by atoms with Gasteiger partial charge in [0, 0.05) is 36.3 Å². The first-order valence-electron chi connectivity index (χ1n) is 11.8. The zero-order chi connectivity index (χ0) is 25.0. The van der Waals surface area contributed by atoms with E-state index in [0.29, 0.717) is 57.2 Å². The number of ether oxygens (including phenoxy) is 2. The van der Waals surface area contributed by atoms with Gasteiger partial charge in [0.25, 0.3) is 0 Å². The molecule has 0 unspecified atom stereocenters. The van der Waals surface area contributed by atoms with Crippen LogP contribution in [0.15, 0.2) is 54.7 Å². The number of carbonyl (C=O) groups is 1. The van der Waals surface area contributed by atoms with E-state index in [2.05, 4.69) is 41.1 Å². The van der Waals surface area contributed by atoms with E-state index in [4.69, 9.17) is 9.47 Å². The molecule has 11 nitrogen and oxygen atoms in total. The summed E-state index contributed by atoms with van der Waals surface area (Å²) >= 11 is 0. The van der Waals surface area contributed by atoms with Gasteiger partial charge < -0.3 is 30.2 Å². The molecule has 2 aromatic carbocycles. The van der Waals surface area contributed by atoms with Gasteiger partial charge in [-0.25, -0.2) is 0 Å². The smallest absolute Gasteiger partial charge is 0.233 e. The van der Waals surface area contributed by atoms with Crippen molar-refractivity contribution in [2.45, 2.75) is 19.8 Å². The van der Waals surface area contributed by atoms with Gasteiger partial charge in [-0.3, -0.25) is 5.10 Å². The quantitative estimate of drug-likeness (QED) is 0.180. The molecule has 0 spiro atoms. The monoisotopic (exact) mass is 490 g/mol. The van der Waals surface area contributed by atoms with Crippen LogP contribution in [0.5, 0.6) is 0 Å². The van der Waals surface area contributed by atoms with E-state index in [1.165, 1.54) is 0 Å². The number of hydrogen-bond donors (Lipinski definition) is 4. The lowest BCUT2D eigenvalue weighted by Gasteiger charge is -2.12. The zero-order valence-corrected chi connectivity index (χ0v) is 20.2. The van der Waals surface area contributed by atoms with Gasteiger partial charge in [-0.05, 0) is 43.7 Å². The largest absolute Gasteiger partial charge is 0.379 e. The molecule has 188 valence electrons. The Bertz CT molecular complexity index is 1250. The molecular weight excluding hydrogens is 460 g/mol. The first kappa shape index (κ1) is 25.0. The number of fused-ring (bicyclic) bond motifs is 1. The molecule has 0 radical (unpaired) electrons. The normalized spacial score (nSPS) is 10.9. The number of nitrogens with one attached hydrogen (secondary N) is 4. The van der Waals surface area contributed by atoms with Gasteiger partial charge in [0.2, 0.25) is 17.8 Å². The van der Waals surface area contributed by atoms with Crippen LogP contribution in [0.3, 0.4) is 0 Å². The summed E-state index contributed by atoms with van der Waals surface area (Å²) in [5.74, 6) is 1.39. The standard InChI is InChI=1S/C25H30N8O3/c1-18(34)6-5-12-35-14-15-36-13-11-26-23-30-24(28-20-7-3-2-4-8-20)32-25(31-23)29-21-10-9-19-17-27-33-22(19)16-21/h2-4,7-10,16-17H,5-6,11-15H2,1H3,(H,27,33)(H3,26,28,29,30,31,32). The number of carbonyl (C=O) groups excluding carboxylic acids is 1. The number of rotatable bonds is 15. The lowest BCUT2D eigenvalue weighted by molar-refractivity contribution is -0.117. The molecule has 0 fully saturated rings. The van der Waals surface area contributed by atoms with E-state index in [1.807, 2.05) is 48.5 Å². The highest BCUT2D eigenvalue weighted by Crippen LogP contribution is 2.21. The van der Waals surface area contributed by atoms with Gasteiger partial charge in [-0.15, -0.1) is 0 Å². The van der Waals surface area contributed by atoms with Crippen LogP contribution in [-0.4, -0.2) is 63.9 Å². The van der Waals surface area contributed by atoms with Crippen molar-refractivity contribution in [3.05, 3.63) is 54.7 Å². The lowest BCUT2D eigenvalue weighted by Crippen LogP contribution is -2.15. The van der Waals surface area contributed by atoms with Crippen LogP contribution < -0.4 is 16.0 Å². The Morgan fingerprint density at radius 3 is 2.36 bits per heavy atom. The van der Waals surface area contributed by atoms with Crippen molar-refractivity contribution in [3.63, 3.8) is 0 Å². The molecule has 0 saturated heterocycles. The number of aromatic nitrogens is 5. The average Bonchev–Trinajstić information content (AvgIpc) is 3.33. The van der Waals surface area contributed by atoms with Gasteiger partial charge >= 0.3 is 0 Å². The Hall–Kier alpha value is -4.09. The van der Waals surface area contributed by atoms with Crippen molar-refractivity contribution < 1.29 is 14.3 Å². The number of nitrogens with zero attached hydrogens (tertiary/aromatic N) is 4. The lowest BCUT2D eigenvalue weighted by atomic mass is 10.2. The highest BCUT2D eigenvalue weighted by atomic mass is 16.5. The number of benzene rings is 2. The van der Waals surface area contributed by atoms with Crippen LogP contribution in [-0.2, 0) is 14.3 Å². The molecular formula is C25H30N8O3. The Morgan fingerprint density at radius 1 is 0.861 bits per heavy atom. The molecule has 0 saturated carbocycles. The first-order valence-corrected chi connectivity index (χ1v) is 11.8. The van der Waals surface area contributed by atoms with Crippen LogP contribution in [0, 0.1) is 0 Å². The van der Waals surface area contributed by atoms with Crippen molar-refractivity contribution in [2.75, 3.05) is 48.9 Å². The Kier molecular flexibility index (Phi) is 9.12. The van der Waals surface area contributed by atoms with Crippen LogP contribution in [0.4, 0.5) is 29.2 Å². The third-order valence-electron chi connectivity index (χ3n) is 5.08. The maximum Gasteiger partial charge on any atom is 0.233 e. The Labute approximate surface area is 209 Å². The fourth-order valence-corrected chi connectivity index (χ4v) is 3.34. The number of Topliss-reactive ketones (excluding diaryl/α,β-unsaturated/α-hetero) is 1. The zero-order valence-electron chi connectivity index (χ0n) is 20.2. The molecule has 4 N–H and O–H groups in total. The van der Waals surface area contributed by atoms with Crippen molar-refractivity contribution in [2.24, 2.45) is 0 Å². The van der Waals surface area contributed by atoms with Gasteiger partial charge in [0.1, 0.15) is 5.78 Å². The molecule has 4 rings (SSSR count). The molecule has 0 bridgehead atoms. The van der Waals surface area contributed by atoms with Crippen LogP contribution in [0.25, 0.3) is 10.9 Å². The van der Waals surface area contributed by atoms with E-state index in [-0.39, 0.29) is 5.78 Å². The summed E-state index contributed by atoms with van der Waals surface area (Å²) < 4.78 is 11.1. The summed E-state index contributed by atoms with van der Waals surface area (Å²) in [4.78, 5) is 24.4. The third-order valence-corrected chi connectivity index (χ3v) is 5.08. The van der Waals surface area contributed by atoms with Crippen LogP contribution >= 0.6 is 0 Å². The minimum absolute atomic E-state index is 0.179. The number of H-pyrrole nitrogens is 1. The molecule has 0 aliphatic carbocycles. The molecule has 0 aliphatic heterocycles. The second kappa shape index (κ2) is 13.1. The average molecular weight is 491 g/mol. The molecule has 2 heterocycles. The van der Waals surface area contributed by atoms with Crippen LogP contribution in [0.2, 0.25) is 0 Å².